The van der Waals surface area contributed by atoms with Gasteiger partial charge in [0.05, 0.1) is 0 Å². The minimum Gasteiger partial charge on any atom is -0.310 e. The molecule has 4 aromatic carbocycles. The maximum atomic E-state index is 2.31. The number of hydrogen-bond donors (Lipinski definition) is 0. The molecule has 0 radical (unpaired) electrons. The summed E-state index contributed by atoms with van der Waals surface area (Å²) < 4.78 is 0. The summed E-state index contributed by atoms with van der Waals surface area (Å²) in [6.45, 7) is 2.16. The van der Waals surface area contributed by atoms with Gasteiger partial charge in [0.1, 0.15) is 0 Å². The van der Waals surface area contributed by atoms with Crippen molar-refractivity contribution in [1.29, 1.82) is 0 Å². The monoisotopic (exact) mass is 361 g/mol. The molecule has 28 heavy (non-hydrogen) atoms. The lowest BCUT2D eigenvalue weighted by molar-refractivity contribution is 1.25. The first-order valence-electron chi connectivity index (χ1n) is 9.55. The molecule has 0 atom stereocenters. The van der Waals surface area contributed by atoms with E-state index in [0.717, 1.165) is 11.4 Å². The van der Waals surface area contributed by atoms with Gasteiger partial charge in [0.2, 0.25) is 0 Å². The van der Waals surface area contributed by atoms with E-state index in [1.807, 2.05) is 6.07 Å². The van der Waals surface area contributed by atoms with E-state index in [1.165, 1.54) is 22.4 Å². The van der Waals surface area contributed by atoms with Gasteiger partial charge >= 0.3 is 0 Å². The highest BCUT2D eigenvalue weighted by Crippen LogP contribution is 2.36. The number of rotatable bonds is 5. The number of para-hydroxylation sites is 2. The van der Waals surface area contributed by atoms with Crippen molar-refractivity contribution in [2.75, 3.05) is 4.90 Å². The molecule has 0 aromatic heterocycles. The molecule has 0 aliphatic carbocycles. The molecule has 0 saturated carbocycles. The van der Waals surface area contributed by atoms with Gasteiger partial charge in [-0.15, -0.1) is 0 Å². The molecule has 0 N–H and O–H groups in total. The van der Waals surface area contributed by atoms with Gasteiger partial charge in [0.15, 0.2) is 0 Å². The molecule has 0 bridgehead atoms. The van der Waals surface area contributed by atoms with Gasteiger partial charge in [-0.1, -0.05) is 91.0 Å². The lowest BCUT2D eigenvalue weighted by Gasteiger charge is -2.27. The van der Waals surface area contributed by atoms with Crippen LogP contribution in [0.2, 0.25) is 0 Å². The molecule has 136 valence electrons. The van der Waals surface area contributed by atoms with Crippen LogP contribution >= 0.6 is 0 Å². The summed E-state index contributed by atoms with van der Waals surface area (Å²) in [4.78, 5) is 2.31. The van der Waals surface area contributed by atoms with Crippen LogP contribution in [0.1, 0.15) is 16.7 Å². The number of benzene rings is 4. The van der Waals surface area contributed by atoms with Crippen LogP contribution in [0.25, 0.3) is 12.2 Å². The molecule has 0 amide bonds. The lowest BCUT2D eigenvalue weighted by atomic mass is 10.1. The zero-order valence-electron chi connectivity index (χ0n) is 16.0. The lowest BCUT2D eigenvalue weighted by Crippen LogP contribution is -2.11. The Morgan fingerprint density at radius 2 is 1.00 bits per heavy atom. The average molecular weight is 361 g/mol. The summed E-state index contributed by atoms with van der Waals surface area (Å²) in [7, 11) is 0. The largest absolute Gasteiger partial charge is 0.310 e. The summed E-state index contributed by atoms with van der Waals surface area (Å²) in [6.07, 6.45) is 4.30. The predicted octanol–water partition coefficient (Wildman–Crippen LogP) is 7.64. The van der Waals surface area contributed by atoms with Crippen molar-refractivity contribution in [2.45, 2.75) is 6.92 Å². The van der Waals surface area contributed by atoms with Gasteiger partial charge in [-0.05, 0) is 53.9 Å². The third-order valence-electron chi connectivity index (χ3n) is 4.79. The Bertz CT molecular complexity index is 1050. The standard InChI is InChI=1S/C27H23N/c1-22-10-8-9-15-27(22)28(25-13-6-3-7-14-25)26-20-18-24(19-21-26)17-16-23-11-4-2-5-12-23/h2-21H,1H3/b17-16-. The van der Waals surface area contributed by atoms with E-state index in [0.29, 0.717) is 0 Å². The van der Waals surface area contributed by atoms with E-state index in [2.05, 4.69) is 127 Å². The third kappa shape index (κ3) is 4.05. The normalized spacial score (nSPS) is 10.9. The zero-order chi connectivity index (χ0) is 19.2. The van der Waals surface area contributed by atoms with Crippen molar-refractivity contribution < 1.29 is 0 Å². The van der Waals surface area contributed by atoms with E-state index in [9.17, 15) is 0 Å². The van der Waals surface area contributed by atoms with E-state index in [-0.39, 0.29) is 0 Å². The van der Waals surface area contributed by atoms with Crippen molar-refractivity contribution in [1.82, 2.24) is 0 Å². The second-order valence-corrected chi connectivity index (χ2v) is 6.79. The van der Waals surface area contributed by atoms with Crippen LogP contribution in [-0.4, -0.2) is 0 Å². The number of anilines is 3. The van der Waals surface area contributed by atoms with E-state index < -0.39 is 0 Å². The van der Waals surface area contributed by atoms with Gasteiger partial charge in [0, 0.05) is 17.1 Å². The predicted molar refractivity (Wildman–Crippen MR) is 121 cm³/mol. The van der Waals surface area contributed by atoms with E-state index in [4.69, 9.17) is 0 Å². The molecule has 0 aliphatic heterocycles. The molecular formula is C27H23N. The van der Waals surface area contributed by atoms with E-state index in [1.54, 1.807) is 0 Å². The Morgan fingerprint density at radius 3 is 1.64 bits per heavy atom. The Labute approximate surface area is 167 Å². The van der Waals surface area contributed by atoms with Crippen LogP contribution in [0.3, 0.4) is 0 Å². The maximum Gasteiger partial charge on any atom is 0.0490 e. The zero-order valence-corrected chi connectivity index (χ0v) is 16.0. The molecule has 0 heterocycles. The average Bonchev–Trinajstić information content (AvgIpc) is 2.76. The first-order chi connectivity index (χ1) is 13.8. The minimum absolute atomic E-state index is 1.15. The Balaban J connectivity index is 1.68. The van der Waals surface area contributed by atoms with Crippen LogP contribution in [-0.2, 0) is 0 Å². The molecule has 4 rings (SSSR count). The van der Waals surface area contributed by atoms with Crippen molar-refractivity contribution in [3.63, 3.8) is 0 Å². The molecule has 1 nitrogen and oxygen atoms in total. The molecule has 4 aromatic rings. The van der Waals surface area contributed by atoms with Crippen LogP contribution in [0.4, 0.5) is 17.1 Å². The van der Waals surface area contributed by atoms with Crippen molar-refractivity contribution in [3.8, 4) is 0 Å². The van der Waals surface area contributed by atoms with Gasteiger partial charge in [-0.25, -0.2) is 0 Å². The summed E-state index contributed by atoms with van der Waals surface area (Å²) in [5.41, 5.74) is 7.14. The fourth-order valence-electron chi connectivity index (χ4n) is 3.31. The quantitative estimate of drug-likeness (QED) is 0.330. The molecular weight excluding hydrogens is 338 g/mol. The Morgan fingerprint density at radius 1 is 0.500 bits per heavy atom. The van der Waals surface area contributed by atoms with Gasteiger partial charge in [0.25, 0.3) is 0 Å². The molecule has 0 aliphatic rings. The highest BCUT2D eigenvalue weighted by Gasteiger charge is 2.13. The molecule has 0 unspecified atom stereocenters. The first-order valence-corrected chi connectivity index (χ1v) is 9.55. The molecule has 0 fully saturated rings. The second kappa shape index (κ2) is 8.41. The summed E-state index contributed by atoms with van der Waals surface area (Å²) in [6, 6.07) is 38.1. The highest BCUT2D eigenvalue weighted by molar-refractivity contribution is 5.79. The molecule has 1 heteroatoms. The van der Waals surface area contributed by atoms with E-state index >= 15 is 0 Å². The summed E-state index contributed by atoms with van der Waals surface area (Å²) in [5, 5.41) is 0. The number of hydrogen-bond acceptors (Lipinski definition) is 1. The fourth-order valence-corrected chi connectivity index (χ4v) is 3.31. The number of nitrogens with zero attached hydrogens (tertiary/aromatic N) is 1. The molecule has 0 saturated heterocycles. The van der Waals surface area contributed by atoms with Crippen LogP contribution < -0.4 is 4.90 Å². The Kier molecular flexibility index (Phi) is 5.35. The second-order valence-electron chi connectivity index (χ2n) is 6.79. The summed E-state index contributed by atoms with van der Waals surface area (Å²) in [5.74, 6) is 0. The number of aryl methyl sites for hydroxylation is 1. The van der Waals surface area contributed by atoms with Gasteiger partial charge in [-0.2, -0.15) is 0 Å². The first kappa shape index (κ1) is 17.8. The molecule has 0 spiro atoms. The minimum atomic E-state index is 1.15. The van der Waals surface area contributed by atoms with Crippen molar-refractivity contribution in [3.05, 3.63) is 126 Å². The van der Waals surface area contributed by atoms with Crippen molar-refractivity contribution in [2.24, 2.45) is 0 Å². The van der Waals surface area contributed by atoms with Crippen LogP contribution in [0.15, 0.2) is 109 Å². The van der Waals surface area contributed by atoms with Crippen molar-refractivity contribution >= 4 is 29.2 Å². The van der Waals surface area contributed by atoms with Gasteiger partial charge < -0.3 is 4.90 Å². The highest BCUT2D eigenvalue weighted by atomic mass is 15.1. The summed E-state index contributed by atoms with van der Waals surface area (Å²) >= 11 is 0. The Hall–Kier alpha value is -3.58. The topological polar surface area (TPSA) is 3.24 Å². The maximum absolute atomic E-state index is 2.31. The third-order valence-corrected chi connectivity index (χ3v) is 4.79. The van der Waals surface area contributed by atoms with Gasteiger partial charge in [-0.3, -0.25) is 0 Å². The van der Waals surface area contributed by atoms with Crippen LogP contribution in [0.5, 0.6) is 0 Å². The smallest absolute Gasteiger partial charge is 0.0490 e. The fraction of sp³-hybridized carbons (Fsp3) is 0.0370. The SMILES string of the molecule is Cc1ccccc1N(c1ccccc1)c1ccc(/C=C\c2ccccc2)cc1. The van der Waals surface area contributed by atoms with Crippen LogP contribution in [0, 0.1) is 6.92 Å².